The lowest BCUT2D eigenvalue weighted by molar-refractivity contribution is -0.0629. The molecule has 0 aromatic heterocycles. The summed E-state index contributed by atoms with van der Waals surface area (Å²) in [5.41, 5.74) is 1.60. The maximum absolute atomic E-state index is 13.0. The zero-order valence-electron chi connectivity index (χ0n) is 15.8. The van der Waals surface area contributed by atoms with E-state index in [2.05, 4.69) is 0 Å². The monoisotopic (exact) mass is 375 g/mol. The lowest BCUT2D eigenvalue weighted by Crippen LogP contribution is -2.51. The highest BCUT2D eigenvalue weighted by Crippen LogP contribution is 2.60. The highest BCUT2D eigenvalue weighted by Gasteiger charge is 2.51. The Kier molecular flexibility index (Phi) is 4.41. The summed E-state index contributed by atoms with van der Waals surface area (Å²) in [6, 6.07) is 7.09. The third-order valence-electron chi connectivity index (χ3n) is 6.69. The molecule has 4 fully saturated rings. The van der Waals surface area contributed by atoms with Crippen molar-refractivity contribution >= 4 is 15.7 Å². The van der Waals surface area contributed by atoms with Gasteiger partial charge in [0, 0.05) is 25.4 Å². The third-order valence-corrected chi connectivity index (χ3v) is 7.54. The quantitative estimate of drug-likeness (QED) is 0.791. The fourth-order valence-corrected chi connectivity index (χ4v) is 7.16. The Morgan fingerprint density at radius 2 is 1.69 bits per heavy atom. The fraction of sp³-hybridized carbons (Fsp3) is 0.667. The van der Waals surface area contributed by atoms with Crippen molar-refractivity contribution in [2.75, 3.05) is 19.8 Å². The molecule has 4 saturated carbocycles. The molecule has 0 aliphatic heterocycles. The van der Waals surface area contributed by atoms with Gasteiger partial charge in [0.2, 0.25) is 0 Å². The Hall–Kier alpha value is -1.36. The smallest absolute Gasteiger partial charge is 0.253 e. The van der Waals surface area contributed by atoms with Crippen molar-refractivity contribution in [3.05, 3.63) is 35.4 Å². The van der Waals surface area contributed by atoms with Gasteiger partial charge in [-0.2, -0.15) is 0 Å². The third kappa shape index (κ3) is 3.68. The first-order valence-electron chi connectivity index (χ1n) is 9.73. The van der Waals surface area contributed by atoms with Gasteiger partial charge in [0.15, 0.2) is 9.84 Å². The number of amides is 1. The minimum atomic E-state index is -3.10. The van der Waals surface area contributed by atoms with E-state index in [4.69, 9.17) is 0 Å². The molecule has 4 aliphatic carbocycles. The van der Waals surface area contributed by atoms with E-state index < -0.39 is 9.84 Å². The van der Waals surface area contributed by atoms with Crippen LogP contribution in [0.1, 0.15) is 54.4 Å². The standard InChI is InChI=1S/C21H29NO3S/c1-22(14-21-10-16-6-17(11-21)8-18(7-16)12-21)20(23)19-5-3-4-15(9-19)13-26(2,24)25/h3-5,9,16-18H,6-8,10-14H2,1-2H3. The predicted molar refractivity (Wildman–Crippen MR) is 103 cm³/mol. The van der Waals surface area contributed by atoms with Crippen LogP contribution < -0.4 is 0 Å². The van der Waals surface area contributed by atoms with E-state index in [1.54, 1.807) is 24.3 Å². The molecule has 1 aromatic rings. The summed E-state index contributed by atoms with van der Waals surface area (Å²) in [6.07, 6.45) is 9.29. The Labute approximate surface area is 156 Å². The zero-order valence-corrected chi connectivity index (χ0v) is 16.6. The lowest BCUT2D eigenvalue weighted by atomic mass is 9.49. The minimum Gasteiger partial charge on any atom is -0.341 e. The highest BCUT2D eigenvalue weighted by molar-refractivity contribution is 7.89. The van der Waals surface area contributed by atoms with Crippen molar-refractivity contribution < 1.29 is 13.2 Å². The SMILES string of the molecule is CN(CC12CC3CC(CC(C3)C1)C2)C(=O)c1cccc(CS(C)(=O)=O)c1. The molecule has 0 atom stereocenters. The van der Waals surface area contributed by atoms with E-state index in [0.29, 0.717) is 16.5 Å². The Balaban J connectivity index is 1.48. The molecule has 0 spiro atoms. The molecule has 142 valence electrons. The molecular formula is C21H29NO3S. The van der Waals surface area contributed by atoms with Crippen molar-refractivity contribution in [1.29, 1.82) is 0 Å². The van der Waals surface area contributed by atoms with Crippen molar-refractivity contribution in [1.82, 2.24) is 4.90 Å². The molecule has 0 radical (unpaired) electrons. The first-order valence-corrected chi connectivity index (χ1v) is 11.8. The normalized spacial score (nSPS) is 32.6. The second-order valence-electron chi connectivity index (χ2n) is 9.35. The van der Waals surface area contributed by atoms with Crippen LogP contribution in [-0.2, 0) is 15.6 Å². The summed E-state index contributed by atoms with van der Waals surface area (Å²) in [7, 11) is -1.19. The van der Waals surface area contributed by atoms with Gasteiger partial charge in [-0.15, -0.1) is 0 Å². The van der Waals surface area contributed by atoms with Crippen molar-refractivity contribution in [3.63, 3.8) is 0 Å². The molecule has 4 aliphatic rings. The first-order chi connectivity index (χ1) is 12.2. The molecule has 0 N–H and O–H groups in total. The van der Waals surface area contributed by atoms with Gasteiger partial charge in [0.05, 0.1) is 5.75 Å². The maximum Gasteiger partial charge on any atom is 0.253 e. The molecule has 5 rings (SSSR count). The summed E-state index contributed by atoms with van der Waals surface area (Å²) >= 11 is 0. The Bertz CT molecular complexity index is 779. The highest BCUT2D eigenvalue weighted by atomic mass is 32.2. The molecule has 0 heterocycles. The summed E-state index contributed by atoms with van der Waals surface area (Å²) < 4.78 is 23.1. The van der Waals surface area contributed by atoms with Crippen LogP contribution in [0.15, 0.2) is 24.3 Å². The predicted octanol–water partition coefficient (Wildman–Crippen LogP) is 3.52. The second-order valence-corrected chi connectivity index (χ2v) is 11.5. The molecule has 0 unspecified atom stereocenters. The number of hydrogen-bond donors (Lipinski definition) is 0. The van der Waals surface area contributed by atoms with Gasteiger partial charge >= 0.3 is 0 Å². The van der Waals surface area contributed by atoms with E-state index in [1.165, 1.54) is 44.8 Å². The topological polar surface area (TPSA) is 54.5 Å². The summed E-state index contributed by atoms with van der Waals surface area (Å²) in [5, 5.41) is 0. The van der Waals surface area contributed by atoms with Crippen LogP contribution in [0.25, 0.3) is 0 Å². The van der Waals surface area contributed by atoms with Gasteiger partial charge < -0.3 is 4.90 Å². The average molecular weight is 376 g/mol. The van der Waals surface area contributed by atoms with Crippen molar-refractivity contribution in [2.45, 2.75) is 44.3 Å². The molecule has 1 amide bonds. The van der Waals surface area contributed by atoms with E-state index in [0.717, 1.165) is 24.3 Å². The number of carbonyl (C=O) groups excluding carboxylic acids is 1. The molecule has 5 heteroatoms. The van der Waals surface area contributed by atoms with Gasteiger partial charge in [-0.1, -0.05) is 12.1 Å². The number of sulfone groups is 1. The molecule has 0 saturated heterocycles. The van der Waals surface area contributed by atoms with Crippen LogP contribution in [0.3, 0.4) is 0 Å². The van der Waals surface area contributed by atoms with Gasteiger partial charge in [0.25, 0.3) is 5.91 Å². The van der Waals surface area contributed by atoms with Crippen LogP contribution in [-0.4, -0.2) is 39.1 Å². The van der Waals surface area contributed by atoms with Crippen LogP contribution >= 0.6 is 0 Å². The number of benzene rings is 1. The van der Waals surface area contributed by atoms with Crippen LogP contribution in [0.4, 0.5) is 0 Å². The van der Waals surface area contributed by atoms with Crippen molar-refractivity contribution in [3.8, 4) is 0 Å². The van der Waals surface area contributed by atoms with E-state index in [-0.39, 0.29) is 11.7 Å². The van der Waals surface area contributed by atoms with Gasteiger partial charge in [0.1, 0.15) is 0 Å². The maximum atomic E-state index is 13.0. The largest absolute Gasteiger partial charge is 0.341 e. The first kappa shape index (κ1) is 18.0. The van der Waals surface area contributed by atoms with Crippen LogP contribution in [0, 0.1) is 23.2 Å². The second kappa shape index (κ2) is 6.36. The molecule has 4 nitrogen and oxygen atoms in total. The number of rotatable bonds is 5. The summed E-state index contributed by atoms with van der Waals surface area (Å²) in [4.78, 5) is 14.8. The molecule has 26 heavy (non-hydrogen) atoms. The zero-order chi connectivity index (χ0) is 18.5. The van der Waals surface area contributed by atoms with Crippen LogP contribution in [0.5, 0.6) is 0 Å². The Morgan fingerprint density at radius 3 is 2.23 bits per heavy atom. The van der Waals surface area contributed by atoms with Crippen molar-refractivity contribution in [2.24, 2.45) is 23.2 Å². The Morgan fingerprint density at radius 1 is 1.12 bits per heavy atom. The molecule has 1 aromatic carbocycles. The van der Waals surface area contributed by atoms with Crippen LogP contribution in [0.2, 0.25) is 0 Å². The summed E-state index contributed by atoms with van der Waals surface area (Å²) in [5.74, 6) is 2.62. The molecular weight excluding hydrogens is 346 g/mol. The minimum absolute atomic E-state index is 0.0103. The summed E-state index contributed by atoms with van der Waals surface area (Å²) in [6.45, 7) is 0.839. The van der Waals surface area contributed by atoms with Gasteiger partial charge in [-0.05, 0) is 79.4 Å². The number of nitrogens with zero attached hydrogens (tertiary/aromatic N) is 1. The van der Waals surface area contributed by atoms with E-state index in [9.17, 15) is 13.2 Å². The lowest BCUT2D eigenvalue weighted by Gasteiger charge is -2.57. The average Bonchev–Trinajstić information content (AvgIpc) is 2.51. The van der Waals surface area contributed by atoms with E-state index in [1.807, 2.05) is 11.9 Å². The number of carbonyl (C=O) groups is 1. The fourth-order valence-electron chi connectivity index (χ4n) is 6.38. The van der Waals surface area contributed by atoms with Gasteiger partial charge in [-0.3, -0.25) is 4.79 Å². The van der Waals surface area contributed by atoms with Gasteiger partial charge in [-0.25, -0.2) is 8.42 Å². The molecule has 4 bridgehead atoms. The van der Waals surface area contributed by atoms with E-state index >= 15 is 0 Å². The number of hydrogen-bond acceptors (Lipinski definition) is 3.